The highest BCUT2D eigenvalue weighted by Gasteiger charge is 2.59. The van der Waals surface area contributed by atoms with Gasteiger partial charge >= 0.3 is 0 Å². The normalized spacial score (nSPS) is 20.3. The molecule has 4 aliphatic rings. The Bertz CT molecular complexity index is 2760. The third kappa shape index (κ3) is 2.94. The second kappa shape index (κ2) is 8.89. The maximum Gasteiger partial charge on any atom is 0.0538 e. The van der Waals surface area contributed by atoms with Crippen molar-refractivity contribution in [3.05, 3.63) is 197 Å². The lowest BCUT2D eigenvalue weighted by molar-refractivity contribution is 0.459. The van der Waals surface area contributed by atoms with Gasteiger partial charge in [-0.15, -0.1) is 11.3 Å². The molecule has 1 aromatic heterocycles. The van der Waals surface area contributed by atoms with Crippen molar-refractivity contribution in [2.24, 2.45) is 5.92 Å². The van der Waals surface area contributed by atoms with Crippen LogP contribution in [-0.4, -0.2) is 0 Å². The van der Waals surface area contributed by atoms with Crippen LogP contribution in [0.4, 0.5) is 0 Å². The van der Waals surface area contributed by atoms with Crippen molar-refractivity contribution in [1.82, 2.24) is 0 Å². The number of allylic oxidation sites excluding steroid dienone is 1. The van der Waals surface area contributed by atoms with Crippen molar-refractivity contribution < 1.29 is 0 Å². The van der Waals surface area contributed by atoms with Gasteiger partial charge in [0.1, 0.15) is 0 Å². The first-order valence-electron chi connectivity index (χ1n) is 17.0. The van der Waals surface area contributed by atoms with Gasteiger partial charge in [-0.25, -0.2) is 0 Å². The van der Waals surface area contributed by atoms with Crippen LogP contribution in [-0.2, 0) is 5.41 Å². The molecule has 0 nitrogen and oxygen atoms in total. The highest BCUT2D eigenvalue weighted by molar-refractivity contribution is 7.25. The van der Waals surface area contributed by atoms with Crippen molar-refractivity contribution in [2.45, 2.75) is 11.3 Å². The molecule has 0 radical (unpaired) electrons. The van der Waals surface area contributed by atoms with E-state index in [1.54, 1.807) is 0 Å². The molecule has 1 heterocycles. The fourth-order valence-corrected chi connectivity index (χ4v) is 11.3. The van der Waals surface area contributed by atoms with Crippen LogP contribution in [0.3, 0.4) is 0 Å². The monoisotopic (exact) mass is 624 g/mol. The lowest BCUT2D eigenvalue weighted by Gasteiger charge is -2.38. The molecule has 0 saturated heterocycles. The number of thiophene rings is 1. The number of fused-ring (bicyclic) bond motifs is 17. The van der Waals surface area contributed by atoms with Crippen LogP contribution in [0, 0.1) is 5.92 Å². The van der Waals surface area contributed by atoms with E-state index in [0.717, 1.165) is 0 Å². The fourth-order valence-electron chi connectivity index (χ4n) is 10.2. The van der Waals surface area contributed by atoms with Crippen molar-refractivity contribution in [3.8, 4) is 33.4 Å². The van der Waals surface area contributed by atoms with E-state index in [0.29, 0.717) is 0 Å². The van der Waals surface area contributed by atoms with Crippen LogP contribution in [0.5, 0.6) is 0 Å². The summed E-state index contributed by atoms with van der Waals surface area (Å²) < 4.78 is 2.70. The van der Waals surface area contributed by atoms with Crippen LogP contribution in [0.1, 0.15) is 44.9 Å². The van der Waals surface area contributed by atoms with Crippen molar-refractivity contribution in [3.63, 3.8) is 0 Å². The minimum absolute atomic E-state index is 0.250. The summed E-state index contributed by atoms with van der Waals surface area (Å²) in [4.78, 5) is 0. The number of benzene rings is 7. The van der Waals surface area contributed by atoms with Gasteiger partial charge in [-0.3, -0.25) is 0 Å². The first-order chi connectivity index (χ1) is 23.8. The summed E-state index contributed by atoms with van der Waals surface area (Å²) in [6.45, 7) is 0. The van der Waals surface area contributed by atoms with Gasteiger partial charge in [-0.05, 0) is 102 Å². The van der Waals surface area contributed by atoms with Gasteiger partial charge in [0.25, 0.3) is 0 Å². The number of hydrogen-bond acceptors (Lipinski definition) is 1. The van der Waals surface area contributed by atoms with E-state index in [2.05, 4.69) is 158 Å². The van der Waals surface area contributed by atoms with Gasteiger partial charge in [-0.1, -0.05) is 133 Å². The molecule has 0 aliphatic heterocycles. The Balaban J connectivity index is 1.16. The average Bonchev–Trinajstić information content (AvgIpc) is 3.86. The summed E-state index contributed by atoms with van der Waals surface area (Å²) in [5.41, 5.74) is 19.3. The van der Waals surface area contributed by atoms with Gasteiger partial charge in [0.2, 0.25) is 0 Å². The van der Waals surface area contributed by atoms with Gasteiger partial charge in [0.05, 0.1) is 5.41 Å². The van der Waals surface area contributed by atoms with Gasteiger partial charge in [0.15, 0.2) is 0 Å². The molecular formula is C47H28S. The molecule has 0 bridgehead atoms. The molecule has 1 heteroatoms. The zero-order valence-electron chi connectivity index (χ0n) is 26.1. The Morgan fingerprint density at radius 3 is 2.04 bits per heavy atom. The van der Waals surface area contributed by atoms with E-state index in [1.807, 2.05) is 11.3 Å². The highest BCUT2D eigenvalue weighted by atomic mass is 32.1. The smallest absolute Gasteiger partial charge is 0.0538 e. The SMILES string of the molecule is C1=C2c3ccccc3-c3cccc(c32)C2c3ccccc3C3(c4ccccc4-c4ccc(-c5ccc6sc7ccccc7c6c5)cc43)C12. The number of hydrogen-bond donors (Lipinski definition) is 0. The third-order valence-electron chi connectivity index (χ3n) is 11.9. The second-order valence-electron chi connectivity index (χ2n) is 13.9. The molecule has 8 aromatic rings. The topological polar surface area (TPSA) is 0 Å². The first kappa shape index (κ1) is 25.6. The molecular weight excluding hydrogens is 597 g/mol. The molecule has 7 aromatic carbocycles. The summed E-state index contributed by atoms with van der Waals surface area (Å²) in [5.74, 6) is 0.533. The lowest BCUT2D eigenvalue weighted by atomic mass is 9.62. The van der Waals surface area contributed by atoms with Gasteiger partial charge in [-0.2, -0.15) is 0 Å². The molecule has 3 atom stereocenters. The summed E-state index contributed by atoms with van der Waals surface area (Å²) >= 11 is 1.89. The van der Waals surface area contributed by atoms with Crippen LogP contribution in [0.25, 0.3) is 59.1 Å². The average molecular weight is 625 g/mol. The first-order valence-corrected chi connectivity index (χ1v) is 17.8. The minimum Gasteiger partial charge on any atom is -0.135 e. The quantitative estimate of drug-likeness (QED) is 0.170. The largest absolute Gasteiger partial charge is 0.135 e. The fraction of sp³-hybridized carbons (Fsp3) is 0.0638. The summed E-state index contributed by atoms with van der Waals surface area (Å²) in [6.07, 6.45) is 2.68. The van der Waals surface area contributed by atoms with E-state index in [-0.39, 0.29) is 17.3 Å². The molecule has 0 amide bonds. The Morgan fingerprint density at radius 2 is 1.10 bits per heavy atom. The molecule has 1 spiro atoms. The van der Waals surface area contributed by atoms with Crippen LogP contribution < -0.4 is 0 Å². The van der Waals surface area contributed by atoms with Crippen molar-refractivity contribution >= 4 is 37.1 Å². The van der Waals surface area contributed by atoms with E-state index in [9.17, 15) is 0 Å². The molecule has 48 heavy (non-hydrogen) atoms. The van der Waals surface area contributed by atoms with Crippen LogP contribution in [0.2, 0.25) is 0 Å². The standard InChI is InChI=1S/C47H28S/c1-2-11-30-29(10-1)34-15-9-16-36-45(34)38(30)26-42-46(36)35-14-4-7-18-40(35)47(42)39-17-6-3-12-31(39)32-22-20-28(25-41(32)47)27-21-23-44-37(24-27)33-13-5-8-19-43(33)48-44/h1-26,42,46H. The maximum atomic E-state index is 2.68. The predicted octanol–water partition coefficient (Wildman–Crippen LogP) is 12.2. The predicted molar refractivity (Wildman–Crippen MR) is 201 cm³/mol. The zero-order chi connectivity index (χ0) is 31.1. The Kier molecular flexibility index (Phi) is 4.74. The molecule has 0 N–H and O–H groups in total. The maximum absolute atomic E-state index is 2.68. The van der Waals surface area contributed by atoms with Gasteiger partial charge in [0, 0.05) is 32.0 Å². The van der Waals surface area contributed by atoms with Crippen molar-refractivity contribution in [2.75, 3.05) is 0 Å². The molecule has 4 aliphatic carbocycles. The summed E-state index contributed by atoms with van der Waals surface area (Å²) in [7, 11) is 0. The Labute approximate surface area is 283 Å². The van der Waals surface area contributed by atoms with Crippen molar-refractivity contribution in [1.29, 1.82) is 0 Å². The molecule has 0 saturated carbocycles. The molecule has 3 unspecified atom stereocenters. The molecule has 12 rings (SSSR count). The minimum atomic E-state index is -0.291. The summed E-state index contributed by atoms with van der Waals surface area (Å²) in [5, 5.41) is 2.70. The van der Waals surface area contributed by atoms with Gasteiger partial charge < -0.3 is 0 Å². The second-order valence-corrected chi connectivity index (χ2v) is 15.0. The molecule has 222 valence electrons. The van der Waals surface area contributed by atoms with E-state index < -0.39 is 0 Å². The molecule has 0 fully saturated rings. The Morgan fingerprint density at radius 1 is 0.438 bits per heavy atom. The van der Waals surface area contributed by atoms with E-state index >= 15 is 0 Å². The van der Waals surface area contributed by atoms with Crippen LogP contribution >= 0.6 is 11.3 Å². The highest BCUT2D eigenvalue weighted by Crippen LogP contribution is 2.69. The third-order valence-corrected chi connectivity index (χ3v) is 13.1. The summed E-state index contributed by atoms with van der Waals surface area (Å²) in [6, 6.07) is 57.9. The van der Waals surface area contributed by atoms with Crippen LogP contribution in [0.15, 0.2) is 158 Å². The van der Waals surface area contributed by atoms with E-state index in [1.165, 1.54) is 98.1 Å². The van der Waals surface area contributed by atoms with E-state index in [4.69, 9.17) is 0 Å². The zero-order valence-corrected chi connectivity index (χ0v) is 26.9. The number of rotatable bonds is 1. The lowest BCUT2D eigenvalue weighted by Crippen LogP contribution is -2.34. The Hall–Kier alpha value is -5.50.